The zero-order valence-corrected chi connectivity index (χ0v) is 13.9. The Morgan fingerprint density at radius 1 is 1.29 bits per heavy atom. The van der Waals surface area contributed by atoms with Gasteiger partial charge in [-0.25, -0.2) is 0 Å². The summed E-state index contributed by atoms with van der Waals surface area (Å²) in [7, 11) is 0. The molecule has 118 valence electrons. The van der Waals surface area contributed by atoms with Crippen molar-refractivity contribution < 1.29 is 4.74 Å². The molecule has 3 aromatic rings. The third kappa shape index (κ3) is 2.18. The van der Waals surface area contributed by atoms with Gasteiger partial charge in [0.05, 0.1) is 22.1 Å². The number of nitrogens with zero attached hydrogens (tertiary/aromatic N) is 2. The van der Waals surface area contributed by atoms with Crippen LogP contribution in [0.15, 0.2) is 53.2 Å². The highest BCUT2D eigenvalue weighted by Crippen LogP contribution is 2.47. The van der Waals surface area contributed by atoms with Crippen molar-refractivity contribution in [1.29, 1.82) is 5.26 Å². The molecule has 24 heavy (non-hydrogen) atoms. The normalized spacial score (nSPS) is 16.4. The highest BCUT2D eigenvalue weighted by molar-refractivity contribution is 7.13. The van der Waals surface area contributed by atoms with E-state index < -0.39 is 5.92 Å². The van der Waals surface area contributed by atoms with E-state index in [0.717, 1.165) is 21.7 Å². The number of rotatable bonds is 2. The smallest absolute Gasteiger partial charge is 0.244 e. The summed E-state index contributed by atoms with van der Waals surface area (Å²) in [5.41, 5.74) is 8.66. The van der Waals surface area contributed by atoms with Gasteiger partial charge in [0.25, 0.3) is 0 Å². The third-order valence-corrected chi connectivity index (χ3v) is 5.15. The van der Waals surface area contributed by atoms with Crippen molar-refractivity contribution >= 4 is 22.9 Å². The number of thiophene rings is 1. The molecule has 0 saturated heterocycles. The molecular formula is C17H11ClN4OS. The summed E-state index contributed by atoms with van der Waals surface area (Å²) in [6, 6.07) is 13.5. The number of fused-ring (bicyclic) bond motifs is 1. The molecule has 7 heteroatoms. The first kappa shape index (κ1) is 14.8. The van der Waals surface area contributed by atoms with Crippen molar-refractivity contribution in [1.82, 2.24) is 10.2 Å². The predicted molar refractivity (Wildman–Crippen MR) is 92.7 cm³/mol. The SMILES string of the molecule is N#CC1=C(N)Oc2n[nH]c(-c3cccs3)c2[C@H]1c1ccccc1Cl. The van der Waals surface area contributed by atoms with Crippen molar-refractivity contribution in [2.75, 3.05) is 0 Å². The fourth-order valence-electron chi connectivity index (χ4n) is 2.87. The number of hydrogen-bond donors (Lipinski definition) is 2. The molecule has 3 heterocycles. The zero-order valence-electron chi connectivity index (χ0n) is 12.3. The fraction of sp³-hybridized carbons (Fsp3) is 0.0588. The van der Waals surface area contributed by atoms with Crippen LogP contribution in [-0.2, 0) is 0 Å². The molecule has 0 spiro atoms. The number of allylic oxidation sites excluding steroid dienone is 1. The van der Waals surface area contributed by atoms with Gasteiger partial charge in [-0.2, -0.15) is 5.26 Å². The van der Waals surface area contributed by atoms with Gasteiger partial charge in [0.15, 0.2) is 0 Å². The molecule has 0 unspecified atom stereocenters. The summed E-state index contributed by atoms with van der Waals surface area (Å²) < 4.78 is 5.56. The molecule has 0 radical (unpaired) electrons. The van der Waals surface area contributed by atoms with Crippen LogP contribution in [0.25, 0.3) is 10.6 Å². The molecule has 5 nitrogen and oxygen atoms in total. The number of nitriles is 1. The van der Waals surface area contributed by atoms with Crippen molar-refractivity contribution in [2.24, 2.45) is 5.73 Å². The standard InChI is InChI=1S/C17H11ClN4OS/c18-11-5-2-1-4-9(11)13-10(8-19)16(20)23-17-14(13)15(21-22-17)12-6-3-7-24-12/h1-7,13H,20H2,(H,21,22)/t13-/m0/s1. The second kappa shape index (κ2) is 5.71. The zero-order chi connectivity index (χ0) is 16.7. The van der Waals surface area contributed by atoms with E-state index in [2.05, 4.69) is 16.3 Å². The molecule has 0 fully saturated rings. The predicted octanol–water partition coefficient (Wildman–Crippen LogP) is 4.01. The summed E-state index contributed by atoms with van der Waals surface area (Å²) in [5, 5.41) is 19.4. The van der Waals surface area contributed by atoms with Crippen LogP contribution >= 0.6 is 22.9 Å². The number of hydrogen-bond acceptors (Lipinski definition) is 5. The maximum absolute atomic E-state index is 9.63. The average Bonchev–Trinajstić information content (AvgIpc) is 3.23. The molecule has 0 saturated carbocycles. The Morgan fingerprint density at radius 2 is 2.12 bits per heavy atom. The van der Waals surface area contributed by atoms with Gasteiger partial charge in [-0.3, -0.25) is 5.10 Å². The van der Waals surface area contributed by atoms with Crippen LogP contribution < -0.4 is 10.5 Å². The number of aromatic amines is 1. The lowest BCUT2D eigenvalue weighted by Gasteiger charge is -2.24. The van der Waals surface area contributed by atoms with Crippen molar-refractivity contribution in [3.8, 4) is 22.5 Å². The van der Waals surface area contributed by atoms with Gasteiger partial charge in [-0.15, -0.1) is 16.4 Å². The molecule has 4 rings (SSSR count). The topological polar surface area (TPSA) is 87.7 Å². The second-order valence-corrected chi connectivity index (χ2v) is 6.60. The molecule has 1 aromatic carbocycles. The van der Waals surface area contributed by atoms with E-state index in [0.29, 0.717) is 16.5 Å². The molecule has 2 aromatic heterocycles. The summed E-state index contributed by atoms with van der Waals surface area (Å²) in [6.45, 7) is 0. The lowest BCUT2D eigenvalue weighted by atomic mass is 9.84. The summed E-state index contributed by atoms with van der Waals surface area (Å²) in [6.07, 6.45) is 0. The highest BCUT2D eigenvalue weighted by atomic mass is 35.5. The lowest BCUT2D eigenvalue weighted by molar-refractivity contribution is 0.379. The molecule has 1 atom stereocenters. The molecule has 1 aliphatic heterocycles. The number of H-pyrrole nitrogens is 1. The monoisotopic (exact) mass is 354 g/mol. The maximum atomic E-state index is 9.63. The third-order valence-electron chi connectivity index (χ3n) is 3.92. The lowest BCUT2D eigenvalue weighted by Crippen LogP contribution is -2.21. The van der Waals surface area contributed by atoms with Gasteiger partial charge in [-0.05, 0) is 23.1 Å². The second-order valence-electron chi connectivity index (χ2n) is 5.24. The Morgan fingerprint density at radius 3 is 2.83 bits per heavy atom. The van der Waals surface area contributed by atoms with Crippen LogP contribution in [-0.4, -0.2) is 10.2 Å². The van der Waals surface area contributed by atoms with E-state index in [1.807, 2.05) is 35.7 Å². The molecule has 0 aliphatic carbocycles. The average molecular weight is 355 g/mol. The Labute approximate surface area is 146 Å². The van der Waals surface area contributed by atoms with Crippen LogP contribution in [0.5, 0.6) is 5.88 Å². The molecule has 3 N–H and O–H groups in total. The number of benzene rings is 1. The first-order chi connectivity index (χ1) is 11.7. The van der Waals surface area contributed by atoms with Crippen LogP contribution in [0.2, 0.25) is 5.02 Å². The molecule has 0 bridgehead atoms. The van der Waals surface area contributed by atoms with Crippen LogP contribution in [0.4, 0.5) is 0 Å². The van der Waals surface area contributed by atoms with E-state index >= 15 is 0 Å². The Bertz CT molecular complexity index is 984. The quantitative estimate of drug-likeness (QED) is 0.727. The number of ether oxygens (including phenoxy) is 1. The summed E-state index contributed by atoms with van der Waals surface area (Å²) in [4.78, 5) is 1.00. The summed E-state index contributed by atoms with van der Waals surface area (Å²) >= 11 is 7.97. The molecule has 0 amide bonds. The van der Waals surface area contributed by atoms with E-state index in [1.54, 1.807) is 17.4 Å². The van der Waals surface area contributed by atoms with E-state index in [4.69, 9.17) is 22.1 Å². The van der Waals surface area contributed by atoms with Crippen LogP contribution in [0, 0.1) is 11.3 Å². The van der Waals surface area contributed by atoms with Crippen molar-refractivity contribution in [3.05, 3.63) is 69.4 Å². The van der Waals surface area contributed by atoms with Gasteiger partial charge in [-0.1, -0.05) is 35.9 Å². The Balaban J connectivity index is 2.00. The highest BCUT2D eigenvalue weighted by Gasteiger charge is 2.36. The molecular weight excluding hydrogens is 344 g/mol. The number of aromatic nitrogens is 2. The Hall–Kier alpha value is -2.75. The summed E-state index contributed by atoms with van der Waals surface area (Å²) in [5.74, 6) is 0.00210. The number of halogens is 1. The van der Waals surface area contributed by atoms with Gasteiger partial charge in [0.2, 0.25) is 11.8 Å². The largest absolute Gasteiger partial charge is 0.420 e. The van der Waals surface area contributed by atoms with Gasteiger partial charge >= 0.3 is 0 Å². The van der Waals surface area contributed by atoms with Gasteiger partial charge in [0.1, 0.15) is 11.6 Å². The van der Waals surface area contributed by atoms with E-state index in [9.17, 15) is 5.26 Å². The van der Waals surface area contributed by atoms with Gasteiger partial charge in [0, 0.05) is 5.02 Å². The first-order valence-electron chi connectivity index (χ1n) is 7.15. The van der Waals surface area contributed by atoms with E-state index in [-0.39, 0.29) is 5.88 Å². The van der Waals surface area contributed by atoms with Gasteiger partial charge < -0.3 is 10.5 Å². The van der Waals surface area contributed by atoms with Crippen LogP contribution in [0.3, 0.4) is 0 Å². The maximum Gasteiger partial charge on any atom is 0.244 e. The minimum Gasteiger partial charge on any atom is -0.420 e. The minimum atomic E-state index is -0.428. The number of nitrogens with one attached hydrogen (secondary N) is 1. The fourth-order valence-corrected chi connectivity index (χ4v) is 3.85. The van der Waals surface area contributed by atoms with E-state index in [1.165, 1.54) is 0 Å². The minimum absolute atomic E-state index is 0.0548. The Kier molecular flexibility index (Phi) is 3.53. The van der Waals surface area contributed by atoms with Crippen LogP contribution in [0.1, 0.15) is 17.0 Å². The van der Waals surface area contributed by atoms with Crippen molar-refractivity contribution in [2.45, 2.75) is 5.92 Å². The van der Waals surface area contributed by atoms with Crippen molar-refractivity contribution in [3.63, 3.8) is 0 Å². The molecule has 1 aliphatic rings. The first-order valence-corrected chi connectivity index (χ1v) is 8.40. The number of nitrogens with two attached hydrogens (primary N) is 1.